The van der Waals surface area contributed by atoms with Gasteiger partial charge in [-0.15, -0.1) is 0 Å². The number of halogens is 1. The van der Waals surface area contributed by atoms with E-state index in [0.29, 0.717) is 42.8 Å². The zero-order valence-corrected chi connectivity index (χ0v) is 14.6. The van der Waals surface area contributed by atoms with Gasteiger partial charge in [0.05, 0.1) is 18.5 Å². The summed E-state index contributed by atoms with van der Waals surface area (Å²) in [4.78, 5) is 26.9. The molecule has 1 saturated heterocycles. The predicted octanol–water partition coefficient (Wildman–Crippen LogP) is 3.70. The number of ether oxygens (including phenoxy) is 1. The first kappa shape index (κ1) is 15.4. The van der Waals surface area contributed by atoms with Crippen LogP contribution in [0.25, 0.3) is 0 Å². The van der Waals surface area contributed by atoms with E-state index >= 15 is 0 Å². The Hall–Kier alpha value is -2.14. The molecule has 5 heteroatoms. The molecule has 0 aliphatic carbocycles. The zero-order valence-electron chi connectivity index (χ0n) is 13.0. The van der Waals surface area contributed by atoms with E-state index in [1.54, 1.807) is 17.0 Å². The van der Waals surface area contributed by atoms with Crippen LogP contribution < -0.4 is 4.74 Å². The van der Waals surface area contributed by atoms with Crippen molar-refractivity contribution in [3.8, 4) is 5.75 Å². The van der Waals surface area contributed by atoms with Crippen molar-refractivity contribution in [1.29, 1.82) is 0 Å². The van der Waals surface area contributed by atoms with Crippen molar-refractivity contribution >= 4 is 27.6 Å². The molecular formula is C19H16BrNO3. The number of carbonyl (C=O) groups is 2. The van der Waals surface area contributed by atoms with Gasteiger partial charge in [0.2, 0.25) is 0 Å². The van der Waals surface area contributed by atoms with Crippen molar-refractivity contribution in [3.05, 3.63) is 64.1 Å². The lowest BCUT2D eigenvalue weighted by Crippen LogP contribution is -2.45. The maximum atomic E-state index is 12.7. The van der Waals surface area contributed by atoms with Gasteiger partial charge < -0.3 is 9.64 Å². The lowest BCUT2D eigenvalue weighted by molar-refractivity contribution is 0.0428. The fraction of sp³-hybridized carbons (Fsp3) is 0.263. The van der Waals surface area contributed by atoms with E-state index in [9.17, 15) is 9.59 Å². The van der Waals surface area contributed by atoms with Crippen molar-refractivity contribution < 1.29 is 14.3 Å². The highest BCUT2D eigenvalue weighted by molar-refractivity contribution is 9.10. The maximum Gasteiger partial charge on any atom is 0.254 e. The third-order valence-corrected chi connectivity index (χ3v) is 5.17. The smallest absolute Gasteiger partial charge is 0.254 e. The van der Waals surface area contributed by atoms with Crippen LogP contribution in [0.3, 0.4) is 0 Å². The van der Waals surface area contributed by atoms with Crippen LogP contribution in [0.5, 0.6) is 5.75 Å². The summed E-state index contributed by atoms with van der Waals surface area (Å²) in [6, 6.07) is 14.7. The molecule has 2 heterocycles. The van der Waals surface area contributed by atoms with Crippen molar-refractivity contribution in [1.82, 2.24) is 4.90 Å². The minimum absolute atomic E-state index is 0.0249. The maximum absolute atomic E-state index is 12.7. The van der Waals surface area contributed by atoms with Gasteiger partial charge in [0, 0.05) is 23.0 Å². The summed E-state index contributed by atoms with van der Waals surface area (Å²) in [7, 11) is 0. The van der Waals surface area contributed by atoms with Crippen LogP contribution >= 0.6 is 15.9 Å². The molecule has 4 rings (SSSR count). The molecule has 2 aliphatic heterocycles. The molecule has 122 valence electrons. The lowest BCUT2D eigenvalue weighted by atomic mass is 9.89. The van der Waals surface area contributed by atoms with Gasteiger partial charge in [-0.1, -0.05) is 34.1 Å². The number of carbonyl (C=O) groups excluding carboxylic acids is 2. The van der Waals surface area contributed by atoms with Gasteiger partial charge in [-0.2, -0.15) is 0 Å². The first-order chi connectivity index (χ1) is 11.6. The largest absolute Gasteiger partial charge is 0.484 e. The van der Waals surface area contributed by atoms with Gasteiger partial charge in [0.25, 0.3) is 5.91 Å². The molecule has 0 aromatic heterocycles. The van der Waals surface area contributed by atoms with E-state index in [-0.39, 0.29) is 11.7 Å². The Labute approximate surface area is 148 Å². The SMILES string of the molecule is O=C1CC2(CCN(C(=O)c3cccc(Br)c3)C2)Oc2ccccc21. The Balaban J connectivity index is 1.57. The van der Waals surface area contributed by atoms with Crippen LogP contribution in [0.15, 0.2) is 53.0 Å². The molecular weight excluding hydrogens is 370 g/mol. The van der Waals surface area contributed by atoms with Gasteiger partial charge in [-0.05, 0) is 30.3 Å². The lowest BCUT2D eigenvalue weighted by Gasteiger charge is -2.34. The molecule has 1 fully saturated rings. The molecule has 0 radical (unpaired) electrons. The van der Waals surface area contributed by atoms with E-state index in [0.717, 1.165) is 4.47 Å². The third kappa shape index (κ3) is 2.63. The Morgan fingerprint density at radius 1 is 1.17 bits per heavy atom. The van der Waals surface area contributed by atoms with Crippen LogP contribution in [-0.2, 0) is 0 Å². The number of ketones is 1. The molecule has 1 unspecified atom stereocenters. The van der Waals surface area contributed by atoms with E-state index in [1.165, 1.54) is 0 Å². The number of hydrogen-bond donors (Lipinski definition) is 0. The van der Waals surface area contributed by atoms with E-state index in [1.807, 2.05) is 36.4 Å². The van der Waals surface area contributed by atoms with Gasteiger partial charge in [-0.3, -0.25) is 9.59 Å². The Morgan fingerprint density at radius 3 is 2.83 bits per heavy atom. The summed E-state index contributed by atoms with van der Waals surface area (Å²) in [6.07, 6.45) is 0.999. The van der Waals surface area contributed by atoms with Crippen LogP contribution in [0, 0.1) is 0 Å². The van der Waals surface area contributed by atoms with Gasteiger partial charge >= 0.3 is 0 Å². The van der Waals surface area contributed by atoms with Crippen molar-refractivity contribution in [3.63, 3.8) is 0 Å². The topological polar surface area (TPSA) is 46.6 Å². The Bertz CT molecular complexity index is 835. The number of nitrogens with zero attached hydrogens (tertiary/aromatic N) is 1. The normalized spacial score (nSPS) is 22.4. The van der Waals surface area contributed by atoms with Crippen LogP contribution in [0.1, 0.15) is 33.6 Å². The number of rotatable bonds is 1. The Kier molecular flexibility index (Phi) is 3.68. The highest BCUT2D eigenvalue weighted by Gasteiger charge is 2.46. The van der Waals surface area contributed by atoms with Gasteiger partial charge in [-0.25, -0.2) is 0 Å². The molecule has 1 amide bonds. The fourth-order valence-corrected chi connectivity index (χ4v) is 3.89. The second-order valence-corrected chi connectivity index (χ2v) is 7.28. The fourth-order valence-electron chi connectivity index (χ4n) is 3.49. The number of amides is 1. The van der Waals surface area contributed by atoms with Gasteiger partial charge in [0.1, 0.15) is 11.4 Å². The third-order valence-electron chi connectivity index (χ3n) is 4.67. The Morgan fingerprint density at radius 2 is 2.00 bits per heavy atom. The molecule has 2 aromatic carbocycles. The number of hydrogen-bond acceptors (Lipinski definition) is 3. The van der Waals surface area contributed by atoms with Crippen molar-refractivity contribution in [2.75, 3.05) is 13.1 Å². The van der Waals surface area contributed by atoms with Crippen LogP contribution in [0.2, 0.25) is 0 Å². The zero-order chi connectivity index (χ0) is 16.7. The molecule has 1 atom stereocenters. The van der Waals surface area contributed by atoms with Crippen molar-refractivity contribution in [2.45, 2.75) is 18.4 Å². The second-order valence-electron chi connectivity index (χ2n) is 6.37. The first-order valence-corrected chi connectivity index (χ1v) is 8.72. The van der Waals surface area contributed by atoms with E-state index < -0.39 is 5.60 Å². The summed E-state index contributed by atoms with van der Waals surface area (Å²) < 4.78 is 7.04. The minimum Gasteiger partial charge on any atom is -0.484 e. The summed E-state index contributed by atoms with van der Waals surface area (Å²) >= 11 is 3.39. The molecule has 4 nitrogen and oxygen atoms in total. The molecule has 2 aromatic rings. The number of likely N-dealkylation sites (tertiary alicyclic amines) is 1. The quantitative estimate of drug-likeness (QED) is 0.751. The van der Waals surface area contributed by atoms with Crippen LogP contribution in [-0.4, -0.2) is 35.3 Å². The van der Waals surface area contributed by atoms with Crippen molar-refractivity contribution in [2.24, 2.45) is 0 Å². The summed E-state index contributed by atoms with van der Waals surface area (Å²) in [6.45, 7) is 1.04. The number of benzene rings is 2. The summed E-state index contributed by atoms with van der Waals surface area (Å²) in [5.41, 5.74) is 0.691. The van der Waals surface area contributed by atoms with E-state index in [4.69, 9.17) is 4.74 Å². The number of para-hydroxylation sites is 1. The second kappa shape index (κ2) is 5.74. The molecule has 0 N–H and O–H groups in total. The first-order valence-electron chi connectivity index (χ1n) is 7.92. The van der Waals surface area contributed by atoms with Crippen LogP contribution in [0.4, 0.5) is 0 Å². The molecule has 24 heavy (non-hydrogen) atoms. The summed E-state index contributed by atoms with van der Waals surface area (Å²) in [5, 5.41) is 0. The molecule has 2 aliphatic rings. The highest BCUT2D eigenvalue weighted by atomic mass is 79.9. The average Bonchev–Trinajstić information content (AvgIpc) is 2.97. The van der Waals surface area contributed by atoms with Gasteiger partial charge in [0.15, 0.2) is 5.78 Å². The van der Waals surface area contributed by atoms with E-state index in [2.05, 4.69) is 15.9 Å². The summed E-state index contributed by atoms with van der Waals surface area (Å²) in [5.74, 6) is 0.696. The number of Topliss-reactive ketones (excluding diaryl/α,β-unsaturated/α-hetero) is 1. The molecule has 0 saturated carbocycles. The highest BCUT2D eigenvalue weighted by Crippen LogP contribution is 2.38. The molecule has 0 bridgehead atoms. The molecule has 1 spiro atoms. The number of fused-ring (bicyclic) bond motifs is 1. The predicted molar refractivity (Wildman–Crippen MR) is 93.4 cm³/mol. The average molecular weight is 386 g/mol. The monoisotopic (exact) mass is 385 g/mol. The standard InChI is InChI=1S/C19H16BrNO3/c20-14-5-3-4-13(10-14)18(23)21-9-8-19(12-21)11-16(22)15-6-1-2-7-17(15)24-19/h1-7,10H,8-9,11-12H2. The minimum atomic E-state index is -0.590.